The molecule has 1 atom stereocenters. The van der Waals surface area contributed by atoms with Crippen LogP contribution in [-0.4, -0.2) is 11.2 Å². The van der Waals surface area contributed by atoms with Gasteiger partial charge in [0.25, 0.3) is 0 Å². The molecule has 1 fully saturated rings. The molecule has 0 spiro atoms. The highest BCUT2D eigenvalue weighted by Gasteiger charge is 2.24. The zero-order valence-corrected chi connectivity index (χ0v) is 11.3. The van der Waals surface area contributed by atoms with Gasteiger partial charge in [-0.15, -0.1) is 0 Å². The molecule has 1 aliphatic rings. The van der Waals surface area contributed by atoms with Crippen molar-refractivity contribution in [3.8, 4) is 5.75 Å². The van der Waals surface area contributed by atoms with Crippen LogP contribution in [0.5, 0.6) is 5.75 Å². The summed E-state index contributed by atoms with van der Waals surface area (Å²) in [6.45, 7) is 1.88. The molecule has 0 aliphatic heterocycles. The summed E-state index contributed by atoms with van der Waals surface area (Å²) in [5, 5.41) is 10.4. The quantitative estimate of drug-likeness (QED) is 0.918. The Kier molecular flexibility index (Phi) is 3.45. The highest BCUT2D eigenvalue weighted by atomic mass is 19.1. The van der Waals surface area contributed by atoms with E-state index in [1.165, 1.54) is 6.07 Å². The fourth-order valence-electron chi connectivity index (χ4n) is 2.19. The number of aliphatic hydroxyl groups is 1. The van der Waals surface area contributed by atoms with Crippen molar-refractivity contribution in [1.29, 1.82) is 0 Å². The van der Waals surface area contributed by atoms with Crippen molar-refractivity contribution in [3.05, 3.63) is 65.0 Å². The van der Waals surface area contributed by atoms with Crippen LogP contribution in [0.2, 0.25) is 0 Å². The zero-order chi connectivity index (χ0) is 14.1. The number of ether oxygens (including phenoxy) is 1. The average molecular weight is 272 g/mol. The Morgan fingerprint density at radius 3 is 2.75 bits per heavy atom. The van der Waals surface area contributed by atoms with E-state index in [2.05, 4.69) is 0 Å². The third-order valence-corrected chi connectivity index (χ3v) is 3.45. The van der Waals surface area contributed by atoms with Gasteiger partial charge >= 0.3 is 0 Å². The molecule has 20 heavy (non-hydrogen) atoms. The molecule has 2 aromatic carbocycles. The van der Waals surface area contributed by atoms with E-state index >= 15 is 0 Å². The Bertz CT molecular complexity index is 620. The predicted octanol–water partition coefficient (Wildman–Crippen LogP) is 3.76. The molecular formula is C17H17FO2. The Morgan fingerprint density at radius 1 is 1.20 bits per heavy atom. The summed E-state index contributed by atoms with van der Waals surface area (Å²) in [4.78, 5) is 0. The summed E-state index contributed by atoms with van der Waals surface area (Å²) in [6.07, 6.45) is 1.49. The van der Waals surface area contributed by atoms with Crippen LogP contribution in [-0.2, 0) is 0 Å². The summed E-state index contributed by atoms with van der Waals surface area (Å²) in [5.41, 5.74) is 1.87. The van der Waals surface area contributed by atoms with Crippen LogP contribution in [0.3, 0.4) is 0 Å². The molecular weight excluding hydrogens is 255 g/mol. The molecule has 0 bridgehead atoms. The molecule has 2 nitrogen and oxygen atoms in total. The molecule has 0 saturated heterocycles. The Hall–Kier alpha value is -1.87. The van der Waals surface area contributed by atoms with E-state index in [0.29, 0.717) is 17.2 Å². The second-order valence-corrected chi connectivity index (χ2v) is 5.32. The molecule has 1 aliphatic carbocycles. The summed E-state index contributed by atoms with van der Waals surface area (Å²) >= 11 is 0. The first-order chi connectivity index (χ1) is 9.63. The minimum Gasteiger partial charge on any atom is -0.490 e. The topological polar surface area (TPSA) is 29.5 Å². The van der Waals surface area contributed by atoms with Crippen molar-refractivity contribution >= 4 is 0 Å². The molecule has 0 amide bonds. The molecule has 1 saturated carbocycles. The number of hydrogen-bond acceptors (Lipinski definition) is 2. The number of aliphatic hydroxyl groups excluding tert-OH is 1. The van der Waals surface area contributed by atoms with Crippen molar-refractivity contribution in [1.82, 2.24) is 0 Å². The molecule has 3 heteroatoms. The lowest BCUT2D eigenvalue weighted by atomic mass is 9.99. The van der Waals surface area contributed by atoms with E-state index < -0.39 is 11.9 Å². The van der Waals surface area contributed by atoms with Gasteiger partial charge in [0.2, 0.25) is 0 Å². The van der Waals surface area contributed by atoms with Gasteiger partial charge in [0.15, 0.2) is 0 Å². The van der Waals surface area contributed by atoms with Gasteiger partial charge in [-0.1, -0.05) is 29.8 Å². The summed E-state index contributed by atoms with van der Waals surface area (Å²) < 4.78 is 19.5. The van der Waals surface area contributed by atoms with Gasteiger partial charge < -0.3 is 9.84 Å². The Morgan fingerprint density at radius 2 is 2.00 bits per heavy atom. The third-order valence-electron chi connectivity index (χ3n) is 3.45. The fourth-order valence-corrected chi connectivity index (χ4v) is 2.19. The number of aryl methyl sites for hydroxylation is 1. The Labute approximate surface area is 117 Å². The molecule has 0 radical (unpaired) electrons. The maximum atomic E-state index is 13.8. The summed E-state index contributed by atoms with van der Waals surface area (Å²) in [7, 11) is 0. The summed E-state index contributed by atoms with van der Waals surface area (Å²) in [6, 6.07) is 12.0. The fraction of sp³-hybridized carbons (Fsp3) is 0.294. The molecule has 2 aromatic rings. The predicted molar refractivity (Wildman–Crippen MR) is 75.3 cm³/mol. The third kappa shape index (κ3) is 2.83. The van der Waals surface area contributed by atoms with Gasteiger partial charge in [-0.25, -0.2) is 4.39 Å². The first kappa shape index (κ1) is 13.1. The van der Waals surface area contributed by atoms with Gasteiger partial charge in [0.05, 0.1) is 6.10 Å². The lowest BCUT2D eigenvalue weighted by Crippen LogP contribution is -2.04. The van der Waals surface area contributed by atoms with Gasteiger partial charge in [-0.2, -0.15) is 0 Å². The molecule has 1 unspecified atom stereocenters. The number of rotatable bonds is 4. The maximum Gasteiger partial charge on any atom is 0.129 e. The van der Waals surface area contributed by atoms with Crippen molar-refractivity contribution in [2.75, 3.05) is 0 Å². The van der Waals surface area contributed by atoms with E-state index in [0.717, 1.165) is 24.2 Å². The molecule has 0 heterocycles. The molecule has 1 N–H and O–H groups in total. The monoisotopic (exact) mass is 272 g/mol. The van der Waals surface area contributed by atoms with Crippen molar-refractivity contribution in [2.24, 2.45) is 0 Å². The van der Waals surface area contributed by atoms with E-state index in [-0.39, 0.29) is 0 Å². The summed E-state index contributed by atoms with van der Waals surface area (Å²) in [5.74, 6) is 0.341. The van der Waals surface area contributed by atoms with Crippen LogP contribution in [0.1, 0.15) is 35.6 Å². The second kappa shape index (κ2) is 5.25. The van der Waals surface area contributed by atoms with Crippen LogP contribution in [0.15, 0.2) is 42.5 Å². The van der Waals surface area contributed by atoms with Crippen LogP contribution in [0.25, 0.3) is 0 Å². The zero-order valence-electron chi connectivity index (χ0n) is 11.3. The van der Waals surface area contributed by atoms with Gasteiger partial charge in [0, 0.05) is 5.56 Å². The lowest BCUT2D eigenvalue weighted by molar-refractivity contribution is 0.213. The SMILES string of the molecule is Cc1ccc(F)c(C(O)c2cccc(OC3CC3)c2)c1. The first-order valence-electron chi connectivity index (χ1n) is 6.84. The van der Waals surface area contributed by atoms with Gasteiger partial charge in [-0.3, -0.25) is 0 Å². The van der Waals surface area contributed by atoms with Crippen molar-refractivity contribution < 1.29 is 14.2 Å². The maximum absolute atomic E-state index is 13.8. The lowest BCUT2D eigenvalue weighted by Gasteiger charge is -2.14. The minimum absolute atomic E-state index is 0.300. The van der Waals surface area contributed by atoms with Crippen LogP contribution in [0, 0.1) is 12.7 Å². The van der Waals surface area contributed by atoms with E-state index in [4.69, 9.17) is 4.74 Å². The molecule has 0 aromatic heterocycles. The van der Waals surface area contributed by atoms with Crippen molar-refractivity contribution in [3.63, 3.8) is 0 Å². The molecule has 3 rings (SSSR count). The van der Waals surface area contributed by atoms with E-state index in [1.807, 2.05) is 19.1 Å². The number of benzene rings is 2. The van der Waals surface area contributed by atoms with Gasteiger partial charge in [0.1, 0.15) is 17.7 Å². The standard InChI is InChI=1S/C17H17FO2/c1-11-5-8-16(18)15(9-11)17(19)12-3-2-4-14(10-12)20-13-6-7-13/h2-5,8-10,13,17,19H,6-7H2,1H3. The smallest absolute Gasteiger partial charge is 0.129 e. The first-order valence-corrected chi connectivity index (χ1v) is 6.84. The largest absolute Gasteiger partial charge is 0.490 e. The molecule has 104 valence electrons. The normalized spacial score (nSPS) is 15.9. The highest BCUT2D eigenvalue weighted by Crippen LogP contribution is 2.30. The number of hydrogen-bond donors (Lipinski definition) is 1. The van der Waals surface area contributed by atoms with E-state index in [9.17, 15) is 9.50 Å². The van der Waals surface area contributed by atoms with E-state index in [1.54, 1.807) is 24.3 Å². The van der Waals surface area contributed by atoms with Crippen LogP contribution < -0.4 is 4.74 Å². The number of halogens is 1. The van der Waals surface area contributed by atoms with Crippen LogP contribution in [0.4, 0.5) is 4.39 Å². The highest BCUT2D eigenvalue weighted by molar-refractivity contribution is 5.37. The minimum atomic E-state index is -0.974. The van der Waals surface area contributed by atoms with Gasteiger partial charge in [-0.05, 0) is 43.5 Å². The average Bonchev–Trinajstić information content (AvgIpc) is 3.25. The Balaban J connectivity index is 1.88. The second-order valence-electron chi connectivity index (χ2n) is 5.32. The van der Waals surface area contributed by atoms with Crippen LogP contribution >= 0.6 is 0 Å². The van der Waals surface area contributed by atoms with Crippen molar-refractivity contribution in [2.45, 2.75) is 32.0 Å².